The van der Waals surface area contributed by atoms with Gasteiger partial charge in [-0.1, -0.05) is 17.3 Å². The number of hydrogen-bond donors (Lipinski definition) is 1. The number of rotatable bonds is 4. The van der Waals surface area contributed by atoms with E-state index in [-0.39, 0.29) is 5.91 Å². The van der Waals surface area contributed by atoms with Crippen molar-refractivity contribution in [2.45, 2.75) is 37.6 Å². The van der Waals surface area contributed by atoms with Crippen molar-refractivity contribution in [1.29, 1.82) is 0 Å². The smallest absolute Gasteiger partial charge is 0.253 e. The Bertz CT molecular complexity index is 738. The van der Waals surface area contributed by atoms with Crippen molar-refractivity contribution in [3.63, 3.8) is 0 Å². The Balaban J connectivity index is 1.54. The fourth-order valence-electron chi connectivity index (χ4n) is 3.22. The maximum Gasteiger partial charge on any atom is 0.253 e. The van der Waals surface area contributed by atoms with Gasteiger partial charge in [-0.2, -0.15) is 4.98 Å². The SMILES string of the molecule is CNC1CCCN(C(=O)c2cccc(-c3noc(C4CC4)n3)c2)C1. The molecule has 2 aromatic rings. The first-order valence-corrected chi connectivity index (χ1v) is 8.65. The molecule has 1 atom stereocenters. The monoisotopic (exact) mass is 326 g/mol. The fourth-order valence-corrected chi connectivity index (χ4v) is 3.22. The second-order valence-electron chi connectivity index (χ2n) is 6.69. The summed E-state index contributed by atoms with van der Waals surface area (Å²) in [5, 5.41) is 7.34. The normalized spacial score (nSPS) is 21.0. The third kappa shape index (κ3) is 3.06. The summed E-state index contributed by atoms with van der Waals surface area (Å²) in [7, 11) is 1.95. The molecule has 126 valence electrons. The Morgan fingerprint density at radius 1 is 1.33 bits per heavy atom. The van der Waals surface area contributed by atoms with Crippen LogP contribution in [0.4, 0.5) is 0 Å². The van der Waals surface area contributed by atoms with E-state index in [9.17, 15) is 4.79 Å². The maximum atomic E-state index is 12.8. The Morgan fingerprint density at radius 3 is 3.00 bits per heavy atom. The predicted molar refractivity (Wildman–Crippen MR) is 89.7 cm³/mol. The van der Waals surface area contributed by atoms with Gasteiger partial charge in [0.15, 0.2) is 0 Å². The van der Waals surface area contributed by atoms with Gasteiger partial charge in [-0.15, -0.1) is 0 Å². The lowest BCUT2D eigenvalue weighted by atomic mass is 10.0. The van der Waals surface area contributed by atoms with Crippen molar-refractivity contribution < 1.29 is 9.32 Å². The Labute approximate surface area is 141 Å². The van der Waals surface area contributed by atoms with Gasteiger partial charge < -0.3 is 14.7 Å². The van der Waals surface area contributed by atoms with E-state index in [0.29, 0.717) is 23.3 Å². The molecule has 2 heterocycles. The van der Waals surface area contributed by atoms with Crippen LogP contribution in [0.1, 0.15) is 47.8 Å². The minimum absolute atomic E-state index is 0.0720. The summed E-state index contributed by atoms with van der Waals surface area (Å²) in [4.78, 5) is 19.2. The van der Waals surface area contributed by atoms with Crippen LogP contribution in [-0.4, -0.2) is 47.1 Å². The molecule has 2 fully saturated rings. The second kappa shape index (κ2) is 6.36. The fraction of sp³-hybridized carbons (Fsp3) is 0.500. The average Bonchev–Trinajstić information content (AvgIpc) is 3.38. The number of likely N-dealkylation sites (tertiary alicyclic amines) is 1. The van der Waals surface area contributed by atoms with Crippen molar-refractivity contribution in [2.24, 2.45) is 0 Å². The van der Waals surface area contributed by atoms with E-state index in [4.69, 9.17) is 4.52 Å². The summed E-state index contributed by atoms with van der Waals surface area (Å²) in [5.41, 5.74) is 1.51. The molecule has 0 radical (unpaired) electrons. The second-order valence-corrected chi connectivity index (χ2v) is 6.69. The molecule has 1 unspecified atom stereocenters. The summed E-state index contributed by atoms with van der Waals surface area (Å²) >= 11 is 0. The van der Waals surface area contributed by atoms with Gasteiger partial charge in [-0.3, -0.25) is 4.79 Å². The Kier molecular flexibility index (Phi) is 4.06. The number of carbonyl (C=O) groups excluding carboxylic acids is 1. The number of nitrogens with one attached hydrogen (secondary N) is 1. The highest BCUT2D eigenvalue weighted by Gasteiger charge is 2.30. The Morgan fingerprint density at radius 2 is 2.21 bits per heavy atom. The third-order valence-electron chi connectivity index (χ3n) is 4.85. The maximum absolute atomic E-state index is 12.8. The van der Waals surface area contributed by atoms with Gasteiger partial charge in [-0.05, 0) is 44.9 Å². The topological polar surface area (TPSA) is 71.3 Å². The van der Waals surface area contributed by atoms with E-state index in [1.165, 1.54) is 0 Å². The number of hydrogen-bond acceptors (Lipinski definition) is 5. The van der Waals surface area contributed by atoms with Crippen molar-refractivity contribution >= 4 is 5.91 Å². The number of carbonyl (C=O) groups is 1. The van der Waals surface area contributed by atoms with E-state index in [1.54, 1.807) is 0 Å². The summed E-state index contributed by atoms with van der Waals surface area (Å²) in [6.45, 7) is 1.57. The van der Waals surface area contributed by atoms with E-state index in [1.807, 2.05) is 36.2 Å². The number of aromatic nitrogens is 2. The molecule has 1 N–H and O–H groups in total. The minimum atomic E-state index is 0.0720. The molecule has 1 saturated carbocycles. The lowest BCUT2D eigenvalue weighted by Crippen LogP contribution is -2.46. The molecule has 1 aromatic carbocycles. The zero-order valence-electron chi connectivity index (χ0n) is 13.9. The average molecular weight is 326 g/mol. The number of likely N-dealkylation sites (N-methyl/N-ethyl adjacent to an activating group) is 1. The van der Waals surface area contributed by atoms with Crippen LogP contribution in [0.5, 0.6) is 0 Å². The highest BCUT2D eigenvalue weighted by Crippen LogP contribution is 2.39. The summed E-state index contributed by atoms with van der Waals surface area (Å²) in [6, 6.07) is 7.91. The molecule has 4 rings (SSSR count). The zero-order chi connectivity index (χ0) is 16.5. The number of piperidine rings is 1. The van der Waals surface area contributed by atoms with Crippen molar-refractivity contribution in [2.75, 3.05) is 20.1 Å². The van der Waals surface area contributed by atoms with Gasteiger partial charge in [0.05, 0.1) is 0 Å². The molecule has 0 spiro atoms. The first kappa shape index (κ1) is 15.3. The van der Waals surface area contributed by atoms with Crippen LogP contribution in [0.15, 0.2) is 28.8 Å². The molecule has 24 heavy (non-hydrogen) atoms. The first-order chi connectivity index (χ1) is 11.7. The first-order valence-electron chi connectivity index (χ1n) is 8.65. The molecule has 1 aliphatic carbocycles. The van der Waals surface area contributed by atoms with Crippen LogP contribution in [-0.2, 0) is 0 Å². The van der Waals surface area contributed by atoms with Gasteiger partial charge in [0.2, 0.25) is 11.7 Å². The zero-order valence-corrected chi connectivity index (χ0v) is 13.9. The summed E-state index contributed by atoms with van der Waals surface area (Å²) in [6.07, 6.45) is 4.41. The number of nitrogens with zero attached hydrogens (tertiary/aromatic N) is 3. The van der Waals surface area contributed by atoms with Crippen LogP contribution >= 0.6 is 0 Å². The molecule has 6 nitrogen and oxygen atoms in total. The Hall–Kier alpha value is -2.21. The van der Waals surface area contributed by atoms with E-state index < -0.39 is 0 Å². The molecular weight excluding hydrogens is 304 g/mol. The van der Waals surface area contributed by atoms with Gasteiger partial charge in [0, 0.05) is 36.2 Å². The predicted octanol–water partition coefficient (Wildman–Crippen LogP) is 2.44. The molecule has 1 saturated heterocycles. The largest absolute Gasteiger partial charge is 0.339 e. The van der Waals surface area contributed by atoms with Crippen LogP contribution < -0.4 is 5.32 Å². The minimum Gasteiger partial charge on any atom is -0.339 e. The number of amides is 1. The van der Waals surface area contributed by atoms with E-state index in [0.717, 1.165) is 50.2 Å². The van der Waals surface area contributed by atoms with Crippen LogP contribution in [0.25, 0.3) is 11.4 Å². The van der Waals surface area contributed by atoms with E-state index >= 15 is 0 Å². The molecule has 1 amide bonds. The van der Waals surface area contributed by atoms with Gasteiger partial charge >= 0.3 is 0 Å². The lowest BCUT2D eigenvalue weighted by molar-refractivity contribution is 0.0698. The summed E-state index contributed by atoms with van der Waals surface area (Å²) < 4.78 is 5.32. The van der Waals surface area contributed by atoms with Gasteiger partial charge in [0.25, 0.3) is 5.91 Å². The molecule has 0 bridgehead atoms. The highest BCUT2D eigenvalue weighted by molar-refractivity contribution is 5.95. The van der Waals surface area contributed by atoms with Crippen LogP contribution in [0.2, 0.25) is 0 Å². The van der Waals surface area contributed by atoms with Crippen LogP contribution in [0, 0.1) is 0 Å². The van der Waals surface area contributed by atoms with Gasteiger partial charge in [-0.25, -0.2) is 0 Å². The molecule has 1 aliphatic heterocycles. The third-order valence-corrected chi connectivity index (χ3v) is 4.85. The molecule has 6 heteroatoms. The van der Waals surface area contributed by atoms with Crippen molar-refractivity contribution in [1.82, 2.24) is 20.4 Å². The van der Waals surface area contributed by atoms with Crippen molar-refractivity contribution in [3.05, 3.63) is 35.7 Å². The molecule has 1 aromatic heterocycles. The summed E-state index contributed by atoms with van der Waals surface area (Å²) in [5.74, 6) is 1.79. The lowest BCUT2D eigenvalue weighted by Gasteiger charge is -2.32. The van der Waals surface area contributed by atoms with Crippen LogP contribution in [0.3, 0.4) is 0 Å². The van der Waals surface area contributed by atoms with E-state index in [2.05, 4.69) is 15.5 Å². The van der Waals surface area contributed by atoms with Gasteiger partial charge in [0.1, 0.15) is 0 Å². The number of benzene rings is 1. The molecular formula is C18H22N4O2. The standard InChI is InChI=1S/C18H22N4O2/c1-19-15-6-3-9-22(11-15)18(23)14-5-2-4-13(10-14)16-20-17(24-21-16)12-7-8-12/h2,4-5,10,12,15,19H,3,6-9,11H2,1H3. The quantitative estimate of drug-likeness (QED) is 0.934. The van der Waals surface area contributed by atoms with Crippen molar-refractivity contribution in [3.8, 4) is 11.4 Å². The highest BCUT2D eigenvalue weighted by atomic mass is 16.5. The molecule has 2 aliphatic rings.